The van der Waals surface area contributed by atoms with Crippen LogP contribution in [0.5, 0.6) is 0 Å². The molecule has 0 aliphatic carbocycles. The van der Waals surface area contributed by atoms with E-state index >= 15 is 0 Å². The molecule has 3 N–H and O–H groups in total. The summed E-state index contributed by atoms with van der Waals surface area (Å²) >= 11 is 0. The summed E-state index contributed by atoms with van der Waals surface area (Å²) in [5.74, 6) is 0. The van der Waals surface area contributed by atoms with Gasteiger partial charge >= 0.3 is 12.2 Å². The molecular formula is C24H19ClF3N5O. The molecular weight excluding hydrogens is 467 g/mol. The molecule has 0 spiro atoms. The zero-order chi connectivity index (χ0) is 23.0. The molecule has 2 amide bonds. The third-order valence-corrected chi connectivity index (χ3v) is 5.43. The molecule has 6 nitrogen and oxygen atoms in total. The van der Waals surface area contributed by atoms with Gasteiger partial charge in [0.25, 0.3) is 0 Å². The predicted molar refractivity (Wildman–Crippen MR) is 128 cm³/mol. The molecule has 0 aliphatic heterocycles. The Morgan fingerprint density at radius 2 is 1.71 bits per heavy atom. The number of benzene rings is 2. The molecule has 0 radical (unpaired) electrons. The van der Waals surface area contributed by atoms with Gasteiger partial charge in [-0.2, -0.15) is 13.2 Å². The van der Waals surface area contributed by atoms with Crippen LogP contribution in [-0.2, 0) is 12.7 Å². The summed E-state index contributed by atoms with van der Waals surface area (Å²) in [4.78, 5) is 19.9. The molecule has 34 heavy (non-hydrogen) atoms. The molecule has 174 valence electrons. The highest BCUT2D eigenvalue weighted by Crippen LogP contribution is 2.34. The topological polar surface area (TPSA) is 74.7 Å². The van der Waals surface area contributed by atoms with Crippen molar-refractivity contribution >= 4 is 51.7 Å². The van der Waals surface area contributed by atoms with Crippen LogP contribution in [0.3, 0.4) is 0 Å². The second kappa shape index (κ2) is 9.11. The van der Waals surface area contributed by atoms with Crippen LogP contribution in [0.25, 0.3) is 21.9 Å². The Kier molecular flexibility index (Phi) is 6.21. The molecule has 0 saturated carbocycles. The molecule has 3 aromatic heterocycles. The monoisotopic (exact) mass is 485 g/mol. The summed E-state index contributed by atoms with van der Waals surface area (Å²) in [6.07, 6.45) is 0.924. The van der Waals surface area contributed by atoms with E-state index in [0.29, 0.717) is 12.2 Å². The SMILES string of the molecule is Cl.O=C(Nc1ccccc1C(F)(F)F)Nc1cccc2c1ccn2Cc1ccnc2[nH]ccc12. The van der Waals surface area contributed by atoms with E-state index < -0.39 is 17.8 Å². The van der Waals surface area contributed by atoms with Gasteiger partial charge in [-0.15, -0.1) is 12.4 Å². The molecule has 2 aromatic carbocycles. The first-order valence-electron chi connectivity index (χ1n) is 10.1. The van der Waals surface area contributed by atoms with Gasteiger partial charge in [0.15, 0.2) is 0 Å². The van der Waals surface area contributed by atoms with Crippen LogP contribution in [-0.4, -0.2) is 20.6 Å². The Hall–Kier alpha value is -3.98. The second-order valence-electron chi connectivity index (χ2n) is 7.51. The summed E-state index contributed by atoms with van der Waals surface area (Å²) in [5.41, 5.74) is 2.05. The summed E-state index contributed by atoms with van der Waals surface area (Å²) in [5, 5.41) is 6.77. The number of nitrogens with one attached hydrogen (secondary N) is 3. The van der Waals surface area contributed by atoms with E-state index in [2.05, 4.69) is 20.6 Å². The maximum Gasteiger partial charge on any atom is 0.418 e. The Bertz CT molecular complexity index is 1470. The molecule has 5 rings (SSSR count). The van der Waals surface area contributed by atoms with Crippen molar-refractivity contribution in [3.8, 4) is 0 Å². The van der Waals surface area contributed by atoms with E-state index in [-0.39, 0.29) is 18.1 Å². The molecule has 0 unspecified atom stereocenters. The van der Waals surface area contributed by atoms with E-state index in [0.717, 1.165) is 33.6 Å². The van der Waals surface area contributed by atoms with Gasteiger partial charge in [-0.3, -0.25) is 0 Å². The van der Waals surface area contributed by atoms with Crippen molar-refractivity contribution in [2.45, 2.75) is 12.7 Å². The van der Waals surface area contributed by atoms with Gasteiger partial charge in [-0.25, -0.2) is 9.78 Å². The fourth-order valence-corrected chi connectivity index (χ4v) is 3.93. The van der Waals surface area contributed by atoms with Crippen molar-refractivity contribution < 1.29 is 18.0 Å². The highest BCUT2D eigenvalue weighted by molar-refractivity contribution is 6.06. The average molecular weight is 486 g/mol. The molecule has 0 saturated heterocycles. The minimum Gasteiger partial charge on any atom is -0.346 e. The first-order valence-corrected chi connectivity index (χ1v) is 10.1. The molecule has 3 heterocycles. The van der Waals surface area contributed by atoms with Crippen LogP contribution in [0, 0.1) is 0 Å². The third-order valence-electron chi connectivity index (χ3n) is 5.43. The number of urea groups is 1. The van der Waals surface area contributed by atoms with Crippen molar-refractivity contribution in [3.05, 3.63) is 90.4 Å². The number of anilines is 2. The first-order chi connectivity index (χ1) is 15.9. The zero-order valence-corrected chi connectivity index (χ0v) is 18.4. The fraction of sp³-hybridized carbons (Fsp3) is 0.0833. The Morgan fingerprint density at radius 3 is 2.53 bits per heavy atom. The third kappa shape index (κ3) is 4.42. The lowest BCUT2D eigenvalue weighted by Crippen LogP contribution is -2.21. The lowest BCUT2D eigenvalue weighted by Gasteiger charge is -2.14. The summed E-state index contributed by atoms with van der Waals surface area (Å²) in [7, 11) is 0. The molecule has 5 aromatic rings. The average Bonchev–Trinajstić information content (AvgIpc) is 3.42. The number of alkyl halides is 3. The highest BCUT2D eigenvalue weighted by Gasteiger charge is 2.33. The molecule has 0 fully saturated rings. The Morgan fingerprint density at radius 1 is 0.941 bits per heavy atom. The van der Waals surface area contributed by atoms with Gasteiger partial charge in [0.2, 0.25) is 0 Å². The van der Waals surface area contributed by atoms with E-state index in [4.69, 9.17) is 0 Å². The van der Waals surface area contributed by atoms with Crippen molar-refractivity contribution in [2.24, 2.45) is 0 Å². The number of aromatic amines is 1. The van der Waals surface area contributed by atoms with Gasteiger partial charge < -0.3 is 20.2 Å². The number of carbonyl (C=O) groups is 1. The van der Waals surface area contributed by atoms with E-state index in [9.17, 15) is 18.0 Å². The van der Waals surface area contributed by atoms with Crippen LogP contribution in [0.1, 0.15) is 11.1 Å². The Balaban J connectivity index is 0.00000274. The zero-order valence-electron chi connectivity index (χ0n) is 17.6. The number of carbonyl (C=O) groups excluding carboxylic acids is 1. The smallest absolute Gasteiger partial charge is 0.346 e. The van der Waals surface area contributed by atoms with Crippen LogP contribution < -0.4 is 10.6 Å². The Labute approximate surface area is 198 Å². The number of H-pyrrole nitrogens is 1. The number of rotatable bonds is 4. The van der Waals surface area contributed by atoms with Crippen LogP contribution in [0.2, 0.25) is 0 Å². The summed E-state index contributed by atoms with van der Waals surface area (Å²) in [6, 6.07) is 15.3. The normalized spacial score (nSPS) is 11.4. The minimum absolute atomic E-state index is 0. The van der Waals surface area contributed by atoms with Crippen molar-refractivity contribution in [2.75, 3.05) is 10.6 Å². The number of nitrogens with zero attached hydrogens (tertiary/aromatic N) is 2. The van der Waals surface area contributed by atoms with Gasteiger partial charge in [0, 0.05) is 35.9 Å². The van der Waals surface area contributed by atoms with Crippen LogP contribution >= 0.6 is 12.4 Å². The van der Waals surface area contributed by atoms with Crippen molar-refractivity contribution in [1.82, 2.24) is 14.5 Å². The van der Waals surface area contributed by atoms with Gasteiger partial charge in [-0.05, 0) is 48.0 Å². The largest absolute Gasteiger partial charge is 0.418 e. The molecule has 0 aliphatic rings. The lowest BCUT2D eigenvalue weighted by atomic mass is 10.1. The fourth-order valence-electron chi connectivity index (χ4n) is 3.93. The maximum absolute atomic E-state index is 13.2. The number of hydrogen-bond donors (Lipinski definition) is 3. The molecule has 0 bridgehead atoms. The number of fused-ring (bicyclic) bond motifs is 2. The van der Waals surface area contributed by atoms with Crippen LogP contribution in [0.15, 0.2) is 79.3 Å². The number of aromatic nitrogens is 3. The first kappa shape index (κ1) is 23.2. The molecule has 0 atom stereocenters. The summed E-state index contributed by atoms with van der Waals surface area (Å²) in [6.45, 7) is 0.592. The molecule has 10 heteroatoms. The van der Waals surface area contributed by atoms with Crippen molar-refractivity contribution in [1.29, 1.82) is 0 Å². The van der Waals surface area contributed by atoms with Gasteiger partial charge in [0.1, 0.15) is 5.65 Å². The standard InChI is InChI=1S/C24H18F3N5O.ClH/c25-24(26,27)18-4-1-2-5-20(18)31-23(33)30-19-6-3-7-21-17(19)10-13-32(21)14-15-8-11-28-22-16(15)9-12-29-22;/h1-13H,14H2,(H,28,29)(H2,30,31,33);1H. The van der Waals surface area contributed by atoms with E-state index in [1.165, 1.54) is 18.2 Å². The van der Waals surface area contributed by atoms with E-state index in [1.54, 1.807) is 18.3 Å². The maximum atomic E-state index is 13.2. The predicted octanol–water partition coefficient (Wildman–Crippen LogP) is 6.65. The second-order valence-corrected chi connectivity index (χ2v) is 7.51. The minimum atomic E-state index is -4.57. The van der Waals surface area contributed by atoms with Crippen molar-refractivity contribution in [3.63, 3.8) is 0 Å². The summed E-state index contributed by atoms with van der Waals surface area (Å²) < 4.78 is 41.7. The van der Waals surface area contributed by atoms with Crippen LogP contribution in [0.4, 0.5) is 29.3 Å². The van der Waals surface area contributed by atoms with Gasteiger partial charge in [0.05, 0.1) is 22.5 Å². The number of halogens is 4. The number of pyridine rings is 1. The van der Waals surface area contributed by atoms with Gasteiger partial charge in [-0.1, -0.05) is 18.2 Å². The van der Waals surface area contributed by atoms with E-state index in [1.807, 2.05) is 41.2 Å². The lowest BCUT2D eigenvalue weighted by molar-refractivity contribution is -0.136. The number of hydrogen-bond acceptors (Lipinski definition) is 2. The number of amides is 2. The number of para-hydroxylation sites is 1. The highest BCUT2D eigenvalue weighted by atomic mass is 35.5. The quantitative estimate of drug-likeness (QED) is 0.266.